The van der Waals surface area contributed by atoms with Gasteiger partial charge in [0.25, 0.3) is 5.91 Å². The number of anilines is 1. The van der Waals surface area contributed by atoms with E-state index in [0.717, 1.165) is 42.1 Å². The van der Waals surface area contributed by atoms with Gasteiger partial charge in [0.1, 0.15) is 5.54 Å². The van der Waals surface area contributed by atoms with Crippen LogP contribution in [0.3, 0.4) is 0 Å². The number of benzene rings is 1. The van der Waals surface area contributed by atoms with Crippen LogP contribution in [0.1, 0.15) is 56.6 Å². The molecule has 1 aliphatic carbocycles. The Morgan fingerprint density at radius 2 is 1.93 bits per heavy atom. The van der Waals surface area contributed by atoms with Crippen LogP contribution in [0.4, 0.5) is 10.5 Å². The van der Waals surface area contributed by atoms with Crippen molar-refractivity contribution in [3.63, 3.8) is 0 Å². The smallest absolute Gasteiger partial charge is 0.344 e. The third-order valence-electron chi connectivity index (χ3n) is 5.79. The van der Waals surface area contributed by atoms with Gasteiger partial charge in [0.15, 0.2) is 0 Å². The Bertz CT molecular complexity index is 771. The number of urea groups is 1. The van der Waals surface area contributed by atoms with E-state index < -0.39 is 11.6 Å². The summed E-state index contributed by atoms with van der Waals surface area (Å²) in [5.41, 5.74) is 5.14. The maximum absolute atomic E-state index is 12.7. The van der Waals surface area contributed by atoms with E-state index >= 15 is 0 Å². The van der Waals surface area contributed by atoms with Gasteiger partial charge in [-0.15, -0.1) is 0 Å². The maximum atomic E-state index is 12.7. The van der Waals surface area contributed by atoms with Gasteiger partial charge in [-0.1, -0.05) is 37.0 Å². The van der Waals surface area contributed by atoms with Crippen molar-refractivity contribution in [3.8, 4) is 0 Å². The molecule has 152 valence electrons. The van der Waals surface area contributed by atoms with E-state index in [1.807, 2.05) is 6.92 Å². The van der Waals surface area contributed by atoms with Gasteiger partial charge in [-0.05, 0) is 45.2 Å². The fourth-order valence-electron chi connectivity index (χ4n) is 4.24. The summed E-state index contributed by atoms with van der Waals surface area (Å²) in [6.45, 7) is 7.44. The number of rotatable bonds is 6. The maximum Gasteiger partial charge on any atom is 0.344 e. The van der Waals surface area contributed by atoms with Crippen molar-refractivity contribution < 1.29 is 14.4 Å². The molecule has 1 heterocycles. The molecule has 0 atom stereocenters. The van der Waals surface area contributed by atoms with Crippen molar-refractivity contribution in [2.45, 2.75) is 64.8 Å². The van der Waals surface area contributed by atoms with Crippen molar-refractivity contribution in [1.82, 2.24) is 15.8 Å². The van der Waals surface area contributed by atoms with Crippen LogP contribution in [0, 0.1) is 13.8 Å². The summed E-state index contributed by atoms with van der Waals surface area (Å²) >= 11 is 0. The third-order valence-corrected chi connectivity index (χ3v) is 5.79. The second-order valence-corrected chi connectivity index (χ2v) is 7.87. The first kappa shape index (κ1) is 20.2. The number of aryl methyl sites for hydroxylation is 2. The van der Waals surface area contributed by atoms with Gasteiger partial charge < -0.3 is 10.2 Å². The average molecular weight is 386 g/mol. The zero-order valence-electron chi connectivity index (χ0n) is 17.0. The lowest BCUT2D eigenvalue weighted by molar-refractivity contribution is -0.139. The number of hydrogen-bond acceptors (Lipinski definition) is 4. The standard InChI is InChI=1S/C21H30N4O3/c1-4-24(17-9-8-15(2)14-16(17)3)13-10-18(26)23-25-19(27)21(22-20(25)28)11-6-5-7-12-21/h8-9,14H,4-7,10-13H2,1-3H3,(H,22,28)(H,23,26). The highest BCUT2D eigenvalue weighted by atomic mass is 16.2. The molecule has 1 aromatic rings. The van der Waals surface area contributed by atoms with Gasteiger partial charge in [0.05, 0.1) is 0 Å². The predicted molar refractivity (Wildman–Crippen MR) is 108 cm³/mol. The molecule has 1 saturated heterocycles. The van der Waals surface area contributed by atoms with Gasteiger partial charge in [-0.3, -0.25) is 15.0 Å². The minimum absolute atomic E-state index is 0.200. The first-order valence-electron chi connectivity index (χ1n) is 10.1. The molecule has 3 rings (SSSR count). The van der Waals surface area contributed by atoms with E-state index in [1.54, 1.807) is 0 Å². The molecule has 1 aliphatic heterocycles. The highest BCUT2D eigenvalue weighted by Crippen LogP contribution is 2.33. The fourth-order valence-corrected chi connectivity index (χ4v) is 4.24. The number of hydrazine groups is 1. The molecule has 0 bridgehead atoms. The quantitative estimate of drug-likeness (QED) is 0.737. The Labute approximate surface area is 166 Å². The van der Waals surface area contributed by atoms with Crippen molar-refractivity contribution in [2.24, 2.45) is 0 Å². The topological polar surface area (TPSA) is 81.8 Å². The van der Waals surface area contributed by atoms with E-state index in [0.29, 0.717) is 19.4 Å². The number of amides is 4. The average Bonchev–Trinajstić information content (AvgIpc) is 2.88. The lowest BCUT2D eigenvalue weighted by Gasteiger charge is -2.30. The second-order valence-electron chi connectivity index (χ2n) is 7.87. The number of nitrogens with one attached hydrogen (secondary N) is 2. The molecule has 1 spiro atoms. The lowest BCUT2D eigenvalue weighted by atomic mass is 9.82. The van der Waals surface area contributed by atoms with E-state index in [9.17, 15) is 14.4 Å². The van der Waals surface area contributed by atoms with Crippen LogP contribution in [-0.4, -0.2) is 41.5 Å². The van der Waals surface area contributed by atoms with Crippen LogP contribution in [0.2, 0.25) is 0 Å². The number of hydrogen-bond donors (Lipinski definition) is 2. The van der Waals surface area contributed by atoms with Crippen LogP contribution in [0.15, 0.2) is 18.2 Å². The molecule has 7 nitrogen and oxygen atoms in total. The highest BCUT2D eigenvalue weighted by Gasteiger charge is 2.52. The van der Waals surface area contributed by atoms with Crippen molar-refractivity contribution in [2.75, 3.05) is 18.0 Å². The van der Waals surface area contributed by atoms with Crippen LogP contribution in [0.25, 0.3) is 0 Å². The SMILES string of the molecule is CCN(CCC(=O)NN1C(=O)NC2(CCCCC2)C1=O)c1ccc(C)cc1C. The molecule has 28 heavy (non-hydrogen) atoms. The van der Waals surface area contributed by atoms with Gasteiger partial charge in [-0.2, -0.15) is 5.01 Å². The molecule has 0 radical (unpaired) electrons. The van der Waals surface area contributed by atoms with Crippen LogP contribution < -0.4 is 15.6 Å². The van der Waals surface area contributed by atoms with E-state index in [2.05, 4.69) is 47.7 Å². The zero-order valence-corrected chi connectivity index (χ0v) is 17.0. The minimum atomic E-state index is -0.822. The van der Waals surface area contributed by atoms with E-state index in [4.69, 9.17) is 0 Å². The van der Waals surface area contributed by atoms with Gasteiger partial charge >= 0.3 is 6.03 Å². The molecule has 2 fully saturated rings. The molecule has 7 heteroatoms. The molecular formula is C21H30N4O3. The van der Waals surface area contributed by atoms with Crippen molar-refractivity contribution in [3.05, 3.63) is 29.3 Å². The van der Waals surface area contributed by atoms with Crippen LogP contribution in [-0.2, 0) is 9.59 Å². The predicted octanol–water partition coefficient (Wildman–Crippen LogP) is 2.81. The van der Waals surface area contributed by atoms with E-state index in [1.165, 1.54) is 5.56 Å². The molecule has 4 amide bonds. The number of carbonyl (C=O) groups is 3. The first-order chi connectivity index (χ1) is 13.4. The van der Waals surface area contributed by atoms with Crippen LogP contribution >= 0.6 is 0 Å². The summed E-state index contributed by atoms with van der Waals surface area (Å²) in [6.07, 6.45) is 4.37. The molecule has 0 aromatic heterocycles. The van der Waals surface area contributed by atoms with Crippen molar-refractivity contribution in [1.29, 1.82) is 0 Å². The lowest BCUT2D eigenvalue weighted by Crippen LogP contribution is -2.51. The summed E-state index contributed by atoms with van der Waals surface area (Å²) in [6, 6.07) is 5.72. The third kappa shape index (κ3) is 3.98. The normalized spacial score (nSPS) is 18.3. The Kier molecular flexibility index (Phi) is 5.91. The minimum Gasteiger partial charge on any atom is -0.371 e. The summed E-state index contributed by atoms with van der Waals surface area (Å²) in [7, 11) is 0. The summed E-state index contributed by atoms with van der Waals surface area (Å²) in [5, 5.41) is 3.68. The monoisotopic (exact) mass is 386 g/mol. The van der Waals surface area contributed by atoms with E-state index in [-0.39, 0.29) is 18.2 Å². The Hall–Kier alpha value is -2.57. The first-order valence-corrected chi connectivity index (χ1v) is 10.1. The zero-order chi connectivity index (χ0) is 20.3. The van der Waals surface area contributed by atoms with Gasteiger partial charge in [0, 0.05) is 25.2 Å². The Morgan fingerprint density at radius 3 is 2.57 bits per heavy atom. The van der Waals surface area contributed by atoms with Crippen molar-refractivity contribution >= 4 is 23.5 Å². The molecule has 2 aliphatic rings. The number of imide groups is 1. The fraction of sp³-hybridized carbons (Fsp3) is 0.571. The Morgan fingerprint density at radius 1 is 1.21 bits per heavy atom. The molecule has 0 unspecified atom stereocenters. The summed E-state index contributed by atoms with van der Waals surface area (Å²) < 4.78 is 0. The highest BCUT2D eigenvalue weighted by molar-refractivity contribution is 6.08. The molecule has 1 aromatic carbocycles. The largest absolute Gasteiger partial charge is 0.371 e. The number of carbonyl (C=O) groups excluding carboxylic acids is 3. The molecule has 1 saturated carbocycles. The van der Waals surface area contributed by atoms with Crippen LogP contribution in [0.5, 0.6) is 0 Å². The molecular weight excluding hydrogens is 356 g/mol. The van der Waals surface area contributed by atoms with Gasteiger partial charge in [-0.25, -0.2) is 4.79 Å². The summed E-state index contributed by atoms with van der Waals surface area (Å²) in [5.74, 6) is -0.660. The Balaban J connectivity index is 1.59. The second kappa shape index (κ2) is 8.20. The van der Waals surface area contributed by atoms with Gasteiger partial charge in [0.2, 0.25) is 5.91 Å². The summed E-state index contributed by atoms with van der Waals surface area (Å²) in [4.78, 5) is 39.6. The number of nitrogens with zero attached hydrogens (tertiary/aromatic N) is 2. The molecule has 2 N–H and O–H groups in total.